The Morgan fingerprint density at radius 2 is 1.67 bits per heavy atom. The Hall–Kier alpha value is -1.63. The summed E-state index contributed by atoms with van der Waals surface area (Å²) in [5.41, 5.74) is -0.161. The highest BCUT2D eigenvalue weighted by molar-refractivity contribution is 9.10. The van der Waals surface area contributed by atoms with Gasteiger partial charge in [-0.1, -0.05) is 6.07 Å². The van der Waals surface area contributed by atoms with Crippen LogP contribution in [0.4, 0.5) is 27.6 Å². The molecule has 1 N–H and O–H groups in total. The maximum Gasteiger partial charge on any atom is 0.416 e. The predicted octanol–water partition coefficient (Wildman–Crippen LogP) is 5.36. The number of alkyl halides is 3. The topological polar surface area (TPSA) is 12.0 Å². The quantitative estimate of drug-likeness (QED) is 0.722. The lowest BCUT2D eigenvalue weighted by Crippen LogP contribution is -2.07. The molecule has 0 heterocycles. The van der Waals surface area contributed by atoms with Gasteiger partial charge < -0.3 is 5.32 Å². The van der Waals surface area contributed by atoms with E-state index in [4.69, 9.17) is 0 Å². The van der Waals surface area contributed by atoms with Crippen molar-refractivity contribution in [1.82, 2.24) is 0 Å². The summed E-state index contributed by atoms with van der Waals surface area (Å²) >= 11 is 3.13. The second-order valence-electron chi connectivity index (χ2n) is 4.29. The first-order chi connectivity index (χ1) is 9.77. The number of benzene rings is 2. The number of hydrogen-bond donors (Lipinski definition) is 1. The lowest BCUT2D eigenvalue weighted by Gasteiger charge is -2.12. The van der Waals surface area contributed by atoms with Gasteiger partial charge in [-0.3, -0.25) is 0 Å². The van der Waals surface area contributed by atoms with Crippen LogP contribution in [0.15, 0.2) is 40.9 Å². The van der Waals surface area contributed by atoms with E-state index in [-0.39, 0.29) is 12.2 Å². The molecule has 0 unspecified atom stereocenters. The van der Waals surface area contributed by atoms with Crippen molar-refractivity contribution in [3.8, 4) is 0 Å². The van der Waals surface area contributed by atoms with E-state index in [0.29, 0.717) is 10.0 Å². The Morgan fingerprint density at radius 3 is 2.29 bits per heavy atom. The summed E-state index contributed by atoms with van der Waals surface area (Å²) in [6.45, 7) is 0.0666. The van der Waals surface area contributed by atoms with E-state index >= 15 is 0 Å². The standard InChI is InChI=1S/C14H9BrF5N/c15-10-3-2-9(14(18,19)20)6-13(10)21-7-8-1-4-11(16)12(17)5-8/h1-6,21H,7H2. The van der Waals surface area contributed by atoms with Gasteiger partial charge in [0.05, 0.1) is 5.56 Å². The Labute approximate surface area is 125 Å². The lowest BCUT2D eigenvalue weighted by atomic mass is 10.1. The largest absolute Gasteiger partial charge is 0.416 e. The molecule has 1 nitrogen and oxygen atoms in total. The third kappa shape index (κ3) is 3.93. The number of hydrogen-bond acceptors (Lipinski definition) is 1. The Morgan fingerprint density at radius 1 is 0.952 bits per heavy atom. The summed E-state index contributed by atoms with van der Waals surface area (Å²) in [7, 11) is 0. The van der Waals surface area contributed by atoms with Gasteiger partial charge in [0.1, 0.15) is 0 Å². The van der Waals surface area contributed by atoms with Crippen molar-refractivity contribution < 1.29 is 22.0 Å². The molecule has 7 heteroatoms. The fraction of sp³-hybridized carbons (Fsp3) is 0.143. The highest BCUT2D eigenvalue weighted by Crippen LogP contribution is 2.34. The second-order valence-corrected chi connectivity index (χ2v) is 5.15. The smallest absolute Gasteiger partial charge is 0.380 e. The molecule has 0 aliphatic carbocycles. The third-order valence-electron chi connectivity index (χ3n) is 2.76. The minimum absolute atomic E-state index is 0.0666. The lowest BCUT2D eigenvalue weighted by molar-refractivity contribution is -0.137. The number of nitrogens with one attached hydrogen (secondary N) is 1. The van der Waals surface area contributed by atoms with Gasteiger partial charge in [-0.15, -0.1) is 0 Å². The highest BCUT2D eigenvalue weighted by Gasteiger charge is 2.30. The zero-order valence-corrected chi connectivity index (χ0v) is 12.0. The third-order valence-corrected chi connectivity index (χ3v) is 3.45. The van der Waals surface area contributed by atoms with Crippen molar-refractivity contribution in [1.29, 1.82) is 0 Å². The maximum absolute atomic E-state index is 13.0. The van der Waals surface area contributed by atoms with Gasteiger partial charge in [0.15, 0.2) is 11.6 Å². The van der Waals surface area contributed by atoms with Crippen molar-refractivity contribution in [2.75, 3.05) is 5.32 Å². The normalized spacial score (nSPS) is 11.5. The van der Waals surface area contributed by atoms with Crippen molar-refractivity contribution in [3.05, 3.63) is 63.6 Å². The molecule has 0 amide bonds. The van der Waals surface area contributed by atoms with Crippen molar-refractivity contribution in [2.45, 2.75) is 12.7 Å². The molecule has 2 aromatic rings. The predicted molar refractivity (Wildman–Crippen MR) is 72.8 cm³/mol. The van der Waals surface area contributed by atoms with E-state index in [2.05, 4.69) is 21.2 Å². The minimum Gasteiger partial charge on any atom is -0.380 e. The first-order valence-electron chi connectivity index (χ1n) is 5.82. The first-order valence-corrected chi connectivity index (χ1v) is 6.61. The molecule has 0 aliphatic rings. The molecule has 0 aromatic heterocycles. The maximum atomic E-state index is 13.0. The monoisotopic (exact) mass is 365 g/mol. The van der Waals surface area contributed by atoms with E-state index in [0.717, 1.165) is 24.3 Å². The average molecular weight is 366 g/mol. The van der Waals surface area contributed by atoms with Crippen LogP contribution in [0, 0.1) is 11.6 Å². The molecule has 0 bridgehead atoms. The summed E-state index contributed by atoms with van der Waals surface area (Å²) in [6.07, 6.45) is -4.45. The first kappa shape index (κ1) is 15.8. The van der Waals surface area contributed by atoms with Crippen molar-refractivity contribution >= 4 is 21.6 Å². The Balaban J connectivity index is 2.17. The number of rotatable bonds is 3. The molecule has 21 heavy (non-hydrogen) atoms. The summed E-state index contributed by atoms with van der Waals surface area (Å²) in [5.74, 6) is -1.98. The fourth-order valence-corrected chi connectivity index (χ4v) is 2.07. The van der Waals surface area contributed by atoms with Crippen LogP contribution < -0.4 is 5.32 Å². The molecule has 112 valence electrons. The van der Waals surface area contributed by atoms with Gasteiger partial charge in [0, 0.05) is 16.7 Å². The number of anilines is 1. The average Bonchev–Trinajstić information content (AvgIpc) is 2.40. The summed E-state index contributed by atoms with van der Waals surface area (Å²) in [4.78, 5) is 0. The molecule has 0 aliphatic heterocycles. The van der Waals surface area contributed by atoms with Crippen LogP contribution >= 0.6 is 15.9 Å². The molecule has 0 spiro atoms. The van der Waals surface area contributed by atoms with Crippen LogP contribution in [0.3, 0.4) is 0 Å². The van der Waals surface area contributed by atoms with E-state index < -0.39 is 23.4 Å². The van der Waals surface area contributed by atoms with Crippen molar-refractivity contribution in [3.63, 3.8) is 0 Å². The molecule has 0 fully saturated rings. The van der Waals surface area contributed by atoms with Gasteiger partial charge in [-0.2, -0.15) is 13.2 Å². The summed E-state index contributed by atoms with van der Waals surface area (Å²) < 4.78 is 64.1. The molecular formula is C14H9BrF5N. The fourth-order valence-electron chi connectivity index (χ4n) is 1.68. The Kier molecular flexibility index (Phi) is 4.51. The summed E-state index contributed by atoms with van der Waals surface area (Å²) in [5, 5.41) is 2.75. The van der Waals surface area contributed by atoms with Crippen LogP contribution in [0.5, 0.6) is 0 Å². The zero-order chi connectivity index (χ0) is 15.6. The summed E-state index contributed by atoms with van der Waals surface area (Å²) in [6, 6.07) is 6.48. The molecular weight excluding hydrogens is 357 g/mol. The molecule has 0 saturated heterocycles. The Bertz CT molecular complexity index is 654. The van der Waals surface area contributed by atoms with Gasteiger partial charge in [-0.25, -0.2) is 8.78 Å². The minimum atomic E-state index is -4.45. The highest BCUT2D eigenvalue weighted by atomic mass is 79.9. The van der Waals surface area contributed by atoms with E-state index in [1.807, 2.05) is 0 Å². The zero-order valence-electron chi connectivity index (χ0n) is 10.4. The van der Waals surface area contributed by atoms with Crippen LogP contribution in [0.2, 0.25) is 0 Å². The van der Waals surface area contributed by atoms with Crippen LogP contribution in [-0.4, -0.2) is 0 Å². The van der Waals surface area contributed by atoms with E-state index in [1.54, 1.807) is 0 Å². The van der Waals surface area contributed by atoms with Crippen LogP contribution in [0.1, 0.15) is 11.1 Å². The molecule has 2 aromatic carbocycles. The molecule has 2 rings (SSSR count). The second kappa shape index (κ2) is 6.01. The van der Waals surface area contributed by atoms with E-state index in [1.165, 1.54) is 12.1 Å². The molecule has 0 saturated carbocycles. The number of halogens is 6. The van der Waals surface area contributed by atoms with Crippen molar-refractivity contribution in [2.24, 2.45) is 0 Å². The van der Waals surface area contributed by atoms with Crippen LogP contribution in [0.25, 0.3) is 0 Å². The SMILES string of the molecule is Fc1ccc(CNc2cc(C(F)(F)F)ccc2Br)cc1F. The van der Waals surface area contributed by atoms with Gasteiger partial charge in [0.25, 0.3) is 0 Å². The molecule has 0 radical (unpaired) electrons. The van der Waals surface area contributed by atoms with Gasteiger partial charge >= 0.3 is 6.18 Å². The van der Waals surface area contributed by atoms with E-state index in [9.17, 15) is 22.0 Å². The van der Waals surface area contributed by atoms with Crippen LogP contribution in [-0.2, 0) is 12.7 Å². The molecule has 0 atom stereocenters. The van der Waals surface area contributed by atoms with Gasteiger partial charge in [0.2, 0.25) is 0 Å². The van der Waals surface area contributed by atoms with Gasteiger partial charge in [-0.05, 0) is 51.8 Å².